The summed E-state index contributed by atoms with van der Waals surface area (Å²) in [5.74, 6) is -1.24. The van der Waals surface area contributed by atoms with Crippen molar-refractivity contribution < 1.29 is 14.0 Å². The van der Waals surface area contributed by atoms with Crippen molar-refractivity contribution in [3.8, 4) is 0 Å². The van der Waals surface area contributed by atoms with Crippen LogP contribution in [0.1, 0.15) is 15.9 Å². The minimum absolute atomic E-state index is 0.000539. The average molecular weight is 356 g/mol. The van der Waals surface area contributed by atoms with Gasteiger partial charge in [-0.25, -0.2) is 9.18 Å². The standard InChI is InChI=1S/C15H12Cl2FN3O2/c16-11-6-12(17)13(18)5-10(11)14(22)20-7-8-1-3-9(4-2-8)21-15(19)23/h1-6H,7H2,(H,20,22)(H3,19,21,23). The Bertz CT molecular complexity index is 751. The van der Waals surface area contributed by atoms with Gasteiger partial charge in [-0.2, -0.15) is 0 Å². The van der Waals surface area contributed by atoms with Crippen LogP contribution in [-0.4, -0.2) is 11.9 Å². The number of carbonyl (C=O) groups excluding carboxylic acids is 2. The molecule has 2 rings (SSSR count). The summed E-state index contributed by atoms with van der Waals surface area (Å²) in [5, 5.41) is 4.96. The number of primary amides is 1. The molecule has 0 aliphatic carbocycles. The molecule has 3 amide bonds. The molecule has 0 aliphatic rings. The first-order valence-corrected chi connectivity index (χ1v) is 7.20. The van der Waals surface area contributed by atoms with Crippen molar-refractivity contribution in [3.63, 3.8) is 0 Å². The minimum Gasteiger partial charge on any atom is -0.351 e. The molecule has 5 nitrogen and oxygen atoms in total. The normalized spacial score (nSPS) is 10.2. The minimum atomic E-state index is -0.719. The Morgan fingerprint density at radius 2 is 1.74 bits per heavy atom. The molecule has 0 unspecified atom stereocenters. The number of benzene rings is 2. The van der Waals surface area contributed by atoms with Gasteiger partial charge in [0, 0.05) is 12.2 Å². The Hall–Kier alpha value is -2.31. The van der Waals surface area contributed by atoms with Gasteiger partial charge in [0.1, 0.15) is 5.82 Å². The molecule has 0 aliphatic heterocycles. The molecule has 8 heteroatoms. The molecule has 0 spiro atoms. The van der Waals surface area contributed by atoms with Crippen LogP contribution < -0.4 is 16.4 Å². The van der Waals surface area contributed by atoms with E-state index in [1.54, 1.807) is 24.3 Å². The van der Waals surface area contributed by atoms with Gasteiger partial charge < -0.3 is 16.4 Å². The van der Waals surface area contributed by atoms with E-state index in [9.17, 15) is 14.0 Å². The van der Waals surface area contributed by atoms with Crippen LogP contribution in [0.4, 0.5) is 14.9 Å². The lowest BCUT2D eigenvalue weighted by molar-refractivity contribution is 0.0950. The number of nitrogens with one attached hydrogen (secondary N) is 2. The van der Waals surface area contributed by atoms with E-state index in [-0.39, 0.29) is 22.2 Å². The molecule has 0 saturated heterocycles. The molecule has 0 saturated carbocycles. The SMILES string of the molecule is NC(=O)Nc1ccc(CNC(=O)c2cc(F)c(Cl)cc2Cl)cc1. The van der Waals surface area contributed by atoms with E-state index >= 15 is 0 Å². The Balaban J connectivity index is 2.02. The summed E-state index contributed by atoms with van der Waals surface area (Å²) in [7, 11) is 0. The Morgan fingerprint density at radius 3 is 2.35 bits per heavy atom. The van der Waals surface area contributed by atoms with Crippen LogP contribution in [-0.2, 0) is 6.54 Å². The number of amides is 3. The summed E-state index contributed by atoms with van der Waals surface area (Å²) in [4.78, 5) is 22.7. The third-order valence-corrected chi connectivity index (χ3v) is 3.53. The van der Waals surface area contributed by atoms with Gasteiger partial charge in [-0.1, -0.05) is 35.3 Å². The first-order chi connectivity index (χ1) is 10.9. The lowest BCUT2D eigenvalue weighted by Crippen LogP contribution is -2.23. The highest BCUT2D eigenvalue weighted by Gasteiger charge is 2.14. The van der Waals surface area contributed by atoms with Crippen molar-refractivity contribution in [1.29, 1.82) is 0 Å². The van der Waals surface area contributed by atoms with Crippen LogP contribution in [0, 0.1) is 5.82 Å². The first-order valence-electron chi connectivity index (χ1n) is 6.45. The van der Waals surface area contributed by atoms with E-state index in [0.717, 1.165) is 11.6 Å². The summed E-state index contributed by atoms with van der Waals surface area (Å²) in [6.07, 6.45) is 0. The van der Waals surface area contributed by atoms with Crippen molar-refractivity contribution in [2.45, 2.75) is 6.54 Å². The zero-order valence-electron chi connectivity index (χ0n) is 11.7. The molecule has 120 valence electrons. The van der Waals surface area contributed by atoms with E-state index in [0.29, 0.717) is 5.69 Å². The number of rotatable bonds is 4. The molecule has 0 bridgehead atoms. The molecular formula is C15H12Cl2FN3O2. The summed E-state index contributed by atoms with van der Waals surface area (Å²) in [5.41, 5.74) is 6.32. The largest absolute Gasteiger partial charge is 0.351 e. The average Bonchev–Trinajstić information content (AvgIpc) is 2.49. The highest BCUT2D eigenvalue weighted by Crippen LogP contribution is 2.24. The number of nitrogens with two attached hydrogens (primary N) is 1. The van der Waals surface area contributed by atoms with Gasteiger partial charge in [-0.15, -0.1) is 0 Å². The third-order valence-electron chi connectivity index (χ3n) is 2.93. The first kappa shape index (κ1) is 17.1. The van der Waals surface area contributed by atoms with Crippen LogP contribution in [0.3, 0.4) is 0 Å². The van der Waals surface area contributed by atoms with E-state index in [2.05, 4.69) is 10.6 Å². The summed E-state index contributed by atoms with van der Waals surface area (Å²) in [6.45, 7) is 0.205. The van der Waals surface area contributed by atoms with Crippen LogP contribution in [0.5, 0.6) is 0 Å². The fraction of sp³-hybridized carbons (Fsp3) is 0.0667. The van der Waals surface area contributed by atoms with Gasteiger partial charge in [0.2, 0.25) is 0 Å². The van der Waals surface area contributed by atoms with E-state index in [1.807, 2.05) is 0 Å². The number of urea groups is 1. The topological polar surface area (TPSA) is 84.2 Å². The van der Waals surface area contributed by atoms with Crippen molar-refractivity contribution >= 4 is 40.8 Å². The maximum atomic E-state index is 13.4. The zero-order valence-corrected chi connectivity index (χ0v) is 13.2. The highest BCUT2D eigenvalue weighted by atomic mass is 35.5. The maximum absolute atomic E-state index is 13.4. The molecule has 4 N–H and O–H groups in total. The summed E-state index contributed by atoms with van der Waals surface area (Å²) >= 11 is 11.5. The van der Waals surface area contributed by atoms with Crippen LogP contribution in [0.15, 0.2) is 36.4 Å². The van der Waals surface area contributed by atoms with Crippen LogP contribution in [0.25, 0.3) is 0 Å². The molecule has 0 atom stereocenters. The Morgan fingerprint density at radius 1 is 1.09 bits per heavy atom. The second-order valence-electron chi connectivity index (χ2n) is 4.62. The second-order valence-corrected chi connectivity index (χ2v) is 5.43. The van der Waals surface area contributed by atoms with Gasteiger partial charge in [0.25, 0.3) is 5.91 Å². The fourth-order valence-corrected chi connectivity index (χ4v) is 2.29. The third kappa shape index (κ3) is 4.58. The number of halogens is 3. The molecule has 2 aromatic rings. The van der Waals surface area contributed by atoms with Crippen LogP contribution >= 0.6 is 23.2 Å². The van der Waals surface area contributed by atoms with E-state index < -0.39 is 17.8 Å². The highest BCUT2D eigenvalue weighted by molar-refractivity contribution is 6.36. The fourth-order valence-electron chi connectivity index (χ4n) is 1.82. The predicted octanol–water partition coefficient (Wildman–Crippen LogP) is 3.55. The van der Waals surface area contributed by atoms with Crippen molar-refractivity contribution in [1.82, 2.24) is 5.32 Å². The van der Waals surface area contributed by atoms with E-state index in [1.165, 1.54) is 6.07 Å². The zero-order chi connectivity index (χ0) is 17.0. The van der Waals surface area contributed by atoms with Gasteiger partial charge in [-0.3, -0.25) is 4.79 Å². The van der Waals surface area contributed by atoms with Crippen molar-refractivity contribution in [2.75, 3.05) is 5.32 Å². The molecular weight excluding hydrogens is 344 g/mol. The molecule has 0 radical (unpaired) electrons. The van der Waals surface area contributed by atoms with Crippen molar-refractivity contribution in [2.24, 2.45) is 5.73 Å². The smallest absolute Gasteiger partial charge is 0.316 e. The summed E-state index contributed by atoms with van der Waals surface area (Å²) in [6, 6.07) is 8.19. The lowest BCUT2D eigenvalue weighted by atomic mass is 10.1. The van der Waals surface area contributed by atoms with E-state index in [4.69, 9.17) is 28.9 Å². The molecule has 0 aromatic heterocycles. The van der Waals surface area contributed by atoms with Crippen LogP contribution in [0.2, 0.25) is 10.0 Å². The molecule has 23 heavy (non-hydrogen) atoms. The van der Waals surface area contributed by atoms with Crippen molar-refractivity contribution in [3.05, 3.63) is 63.4 Å². The molecule has 2 aromatic carbocycles. The second kappa shape index (κ2) is 7.30. The number of hydrogen-bond donors (Lipinski definition) is 3. The predicted molar refractivity (Wildman–Crippen MR) is 87.2 cm³/mol. The quantitative estimate of drug-likeness (QED) is 0.732. The Kier molecular flexibility index (Phi) is 5.41. The lowest BCUT2D eigenvalue weighted by Gasteiger charge is -2.08. The molecule has 0 fully saturated rings. The Labute approximate surface area is 141 Å². The van der Waals surface area contributed by atoms with Gasteiger partial charge >= 0.3 is 6.03 Å². The summed E-state index contributed by atoms with van der Waals surface area (Å²) < 4.78 is 13.4. The monoisotopic (exact) mass is 355 g/mol. The maximum Gasteiger partial charge on any atom is 0.316 e. The van der Waals surface area contributed by atoms with Gasteiger partial charge in [-0.05, 0) is 29.8 Å². The molecule has 0 heterocycles. The number of hydrogen-bond acceptors (Lipinski definition) is 2. The van der Waals surface area contributed by atoms with Gasteiger partial charge in [0.15, 0.2) is 0 Å². The number of carbonyl (C=O) groups is 2. The van der Waals surface area contributed by atoms with Gasteiger partial charge in [0.05, 0.1) is 15.6 Å². The number of anilines is 1.